The third-order valence-corrected chi connectivity index (χ3v) is 6.00. The fourth-order valence-corrected chi connectivity index (χ4v) is 4.03. The maximum atomic E-state index is 4.64. The molecule has 2 aromatic heterocycles. The third-order valence-electron chi connectivity index (χ3n) is 4.86. The van der Waals surface area contributed by atoms with Crippen molar-refractivity contribution in [3.63, 3.8) is 0 Å². The van der Waals surface area contributed by atoms with Gasteiger partial charge < -0.3 is 10.6 Å². The van der Waals surface area contributed by atoms with Crippen LogP contribution in [-0.4, -0.2) is 40.9 Å². The smallest absolute Gasteiger partial charge is 0.190 e. The van der Waals surface area contributed by atoms with Gasteiger partial charge in [-0.2, -0.15) is 5.10 Å². The minimum atomic E-state index is 0.828. The molecule has 1 aromatic carbocycles. The van der Waals surface area contributed by atoms with Crippen LogP contribution in [0, 0.1) is 20.8 Å². The van der Waals surface area contributed by atoms with Gasteiger partial charge in [0.05, 0.1) is 22.1 Å². The van der Waals surface area contributed by atoms with E-state index in [0.29, 0.717) is 0 Å². The molecule has 0 unspecified atom stereocenters. The fraction of sp³-hybridized carbons (Fsp3) is 0.409. The van der Waals surface area contributed by atoms with Gasteiger partial charge in [0, 0.05) is 37.6 Å². The molecule has 0 spiro atoms. The number of guanidine groups is 1. The monoisotopic (exact) mass is 410 g/mol. The lowest BCUT2D eigenvalue weighted by atomic mass is 10.1. The van der Waals surface area contributed by atoms with Crippen molar-refractivity contribution in [2.24, 2.45) is 4.99 Å². The van der Waals surface area contributed by atoms with Gasteiger partial charge in [0.25, 0.3) is 0 Å². The zero-order valence-corrected chi connectivity index (χ0v) is 18.5. The minimum absolute atomic E-state index is 0.828. The van der Waals surface area contributed by atoms with E-state index in [4.69, 9.17) is 0 Å². The Bertz CT molecular complexity index is 922. The first-order valence-corrected chi connectivity index (χ1v) is 10.9. The largest absolute Gasteiger partial charge is 0.356 e. The number of hydrogen-bond acceptors (Lipinski definition) is 4. The Hall–Kier alpha value is -2.67. The number of aliphatic imine (C=N–C) groups is 1. The first kappa shape index (κ1) is 21.0. The van der Waals surface area contributed by atoms with Crippen molar-refractivity contribution in [2.75, 3.05) is 20.1 Å². The fourth-order valence-electron chi connectivity index (χ4n) is 3.09. The number of nitrogens with zero attached hydrogens (tertiary/aromatic N) is 4. The Morgan fingerprint density at radius 2 is 1.79 bits per heavy atom. The topological polar surface area (TPSA) is 67.1 Å². The molecule has 29 heavy (non-hydrogen) atoms. The summed E-state index contributed by atoms with van der Waals surface area (Å²) in [5, 5.41) is 12.6. The van der Waals surface area contributed by atoms with E-state index in [1.165, 1.54) is 15.4 Å². The van der Waals surface area contributed by atoms with Crippen molar-refractivity contribution in [1.82, 2.24) is 25.4 Å². The molecule has 3 rings (SSSR count). The lowest BCUT2D eigenvalue weighted by Gasteiger charge is -2.11. The number of aryl methyl sites for hydroxylation is 4. The second-order valence-corrected chi connectivity index (χ2v) is 8.34. The van der Waals surface area contributed by atoms with Crippen LogP contribution in [0.3, 0.4) is 0 Å². The number of rotatable bonds is 8. The molecule has 0 aliphatic heterocycles. The highest BCUT2D eigenvalue weighted by atomic mass is 32.1. The van der Waals surface area contributed by atoms with Crippen molar-refractivity contribution >= 4 is 17.3 Å². The molecule has 0 aliphatic rings. The van der Waals surface area contributed by atoms with E-state index in [2.05, 4.69) is 64.8 Å². The zero-order chi connectivity index (χ0) is 20.6. The summed E-state index contributed by atoms with van der Waals surface area (Å²) >= 11 is 1.78. The molecule has 2 N–H and O–H groups in total. The highest BCUT2D eigenvalue weighted by Crippen LogP contribution is 2.16. The number of thiazole rings is 1. The Balaban J connectivity index is 1.40. The van der Waals surface area contributed by atoms with Gasteiger partial charge in [0.2, 0.25) is 0 Å². The van der Waals surface area contributed by atoms with Crippen LogP contribution in [-0.2, 0) is 12.8 Å². The molecule has 0 amide bonds. The van der Waals surface area contributed by atoms with Crippen LogP contribution in [0.1, 0.15) is 33.3 Å². The van der Waals surface area contributed by atoms with Crippen molar-refractivity contribution in [2.45, 2.75) is 40.0 Å². The van der Waals surface area contributed by atoms with E-state index >= 15 is 0 Å². The van der Waals surface area contributed by atoms with Gasteiger partial charge in [-0.1, -0.05) is 18.2 Å². The second kappa shape index (κ2) is 10.2. The summed E-state index contributed by atoms with van der Waals surface area (Å²) in [5.41, 5.74) is 4.60. The summed E-state index contributed by atoms with van der Waals surface area (Å²) in [6.07, 6.45) is 5.06. The molecular formula is C22H30N6S. The van der Waals surface area contributed by atoms with E-state index in [1.54, 1.807) is 18.4 Å². The van der Waals surface area contributed by atoms with Gasteiger partial charge in [0.1, 0.15) is 0 Å². The highest BCUT2D eigenvalue weighted by molar-refractivity contribution is 7.11. The summed E-state index contributed by atoms with van der Waals surface area (Å²) in [5.74, 6) is 0.840. The summed E-state index contributed by atoms with van der Waals surface area (Å²) < 4.78 is 1.96. The lowest BCUT2D eigenvalue weighted by molar-refractivity contribution is 0.736. The van der Waals surface area contributed by atoms with Crippen molar-refractivity contribution in [1.29, 1.82) is 0 Å². The molecule has 0 radical (unpaired) electrons. The van der Waals surface area contributed by atoms with E-state index in [0.717, 1.165) is 55.4 Å². The third kappa shape index (κ3) is 5.90. The molecule has 0 aliphatic carbocycles. The van der Waals surface area contributed by atoms with Crippen LogP contribution in [0.5, 0.6) is 0 Å². The molecule has 3 aromatic rings. The van der Waals surface area contributed by atoms with Gasteiger partial charge in [-0.25, -0.2) is 9.67 Å². The van der Waals surface area contributed by atoms with E-state index < -0.39 is 0 Å². The first-order valence-electron chi connectivity index (χ1n) is 10.0. The van der Waals surface area contributed by atoms with Crippen molar-refractivity contribution in [3.05, 3.63) is 63.4 Å². The molecule has 0 atom stereocenters. The Morgan fingerprint density at radius 1 is 1.03 bits per heavy atom. The molecular weight excluding hydrogens is 380 g/mol. The summed E-state index contributed by atoms with van der Waals surface area (Å²) in [6, 6.07) is 10.2. The Kier molecular flexibility index (Phi) is 7.41. The highest BCUT2D eigenvalue weighted by Gasteiger charge is 2.07. The van der Waals surface area contributed by atoms with E-state index in [-0.39, 0.29) is 0 Å². The predicted molar refractivity (Wildman–Crippen MR) is 121 cm³/mol. The zero-order valence-electron chi connectivity index (χ0n) is 17.7. The molecule has 2 heterocycles. The number of aromatic nitrogens is 3. The SMILES string of the molecule is CN=C(NCCCc1cn(-c2ccccc2)nc1C)NCCc1nc(C)c(C)s1. The van der Waals surface area contributed by atoms with Gasteiger partial charge >= 0.3 is 0 Å². The van der Waals surface area contributed by atoms with E-state index in [9.17, 15) is 0 Å². The van der Waals surface area contributed by atoms with Crippen molar-refractivity contribution < 1.29 is 0 Å². The molecule has 6 nitrogen and oxygen atoms in total. The normalized spacial score (nSPS) is 11.7. The van der Waals surface area contributed by atoms with Crippen LogP contribution in [0.25, 0.3) is 5.69 Å². The molecule has 154 valence electrons. The van der Waals surface area contributed by atoms with Gasteiger partial charge in [-0.15, -0.1) is 11.3 Å². The van der Waals surface area contributed by atoms with Gasteiger partial charge in [0.15, 0.2) is 5.96 Å². The van der Waals surface area contributed by atoms with E-state index in [1.807, 2.05) is 22.9 Å². The van der Waals surface area contributed by atoms with Gasteiger partial charge in [-0.05, 0) is 51.3 Å². The Labute approximate surface area is 177 Å². The first-order chi connectivity index (χ1) is 14.1. The minimum Gasteiger partial charge on any atom is -0.356 e. The molecule has 0 saturated carbocycles. The molecule has 0 saturated heterocycles. The number of para-hydroxylation sites is 1. The summed E-state index contributed by atoms with van der Waals surface area (Å²) in [7, 11) is 1.81. The Morgan fingerprint density at radius 3 is 2.48 bits per heavy atom. The maximum absolute atomic E-state index is 4.64. The maximum Gasteiger partial charge on any atom is 0.190 e. The molecule has 0 fully saturated rings. The quantitative estimate of drug-likeness (QED) is 0.338. The lowest BCUT2D eigenvalue weighted by Crippen LogP contribution is -2.38. The van der Waals surface area contributed by atoms with Crippen LogP contribution in [0.15, 0.2) is 41.5 Å². The number of benzene rings is 1. The van der Waals surface area contributed by atoms with Crippen LogP contribution in [0.4, 0.5) is 0 Å². The number of nitrogens with one attached hydrogen (secondary N) is 2. The predicted octanol–water partition coefficient (Wildman–Crippen LogP) is 3.59. The summed E-state index contributed by atoms with van der Waals surface area (Å²) in [6.45, 7) is 7.95. The standard InChI is InChI=1S/C22H30N6S/c1-16-18(3)29-21(26-16)12-14-25-22(23-4)24-13-8-9-19-15-28(27-17(19)2)20-10-6-5-7-11-20/h5-7,10-11,15H,8-9,12-14H2,1-4H3,(H2,23,24,25). The van der Waals surface area contributed by atoms with Crippen LogP contribution in [0.2, 0.25) is 0 Å². The molecule has 0 bridgehead atoms. The summed E-state index contributed by atoms with van der Waals surface area (Å²) in [4.78, 5) is 10.2. The average molecular weight is 411 g/mol. The van der Waals surface area contributed by atoms with Gasteiger partial charge in [-0.3, -0.25) is 4.99 Å². The second-order valence-electron chi connectivity index (χ2n) is 7.05. The average Bonchev–Trinajstić information content (AvgIpc) is 3.26. The van der Waals surface area contributed by atoms with Crippen LogP contribution >= 0.6 is 11.3 Å². The van der Waals surface area contributed by atoms with Crippen molar-refractivity contribution in [3.8, 4) is 5.69 Å². The molecule has 7 heteroatoms. The number of hydrogen-bond donors (Lipinski definition) is 2. The van der Waals surface area contributed by atoms with Crippen LogP contribution < -0.4 is 10.6 Å².